The molecule has 0 atom stereocenters. The predicted molar refractivity (Wildman–Crippen MR) is 187 cm³/mol. The molecule has 0 aliphatic heterocycles. The van der Waals surface area contributed by atoms with E-state index in [1.807, 2.05) is 52.6 Å². The highest BCUT2D eigenvalue weighted by atomic mass is 32.1. The van der Waals surface area contributed by atoms with Crippen molar-refractivity contribution >= 4 is 95.5 Å². The largest absolute Gasteiger partial charge is 0.337 e. The lowest BCUT2D eigenvalue weighted by molar-refractivity contribution is 0.550. The minimum atomic E-state index is 0.619. The number of thiophene rings is 3. The maximum Gasteiger partial charge on any atom is 0.0796 e. The normalized spacial score (nSPS) is 14.5. The summed E-state index contributed by atoms with van der Waals surface area (Å²) in [4.78, 5) is 10.6. The molecule has 0 unspecified atom stereocenters. The molecule has 1 aliphatic carbocycles. The number of fused-ring (bicyclic) bond motifs is 9. The maximum atomic E-state index is 4.86. The van der Waals surface area contributed by atoms with Gasteiger partial charge in [0, 0.05) is 91.8 Å². The van der Waals surface area contributed by atoms with Gasteiger partial charge in [0.2, 0.25) is 0 Å². The zero-order chi connectivity index (χ0) is 28.1. The Hall–Kier alpha value is -4.10. The zero-order valence-electron chi connectivity index (χ0n) is 23.2. The Morgan fingerprint density at radius 3 is 2.42 bits per heavy atom. The molecule has 0 radical (unpaired) electrons. The van der Waals surface area contributed by atoms with Gasteiger partial charge >= 0.3 is 0 Å². The van der Waals surface area contributed by atoms with Crippen LogP contribution in [0.4, 0.5) is 0 Å². The molecule has 3 nitrogen and oxygen atoms in total. The van der Waals surface area contributed by atoms with Crippen LogP contribution >= 0.6 is 34.0 Å². The molecule has 1 fully saturated rings. The second-order valence-corrected chi connectivity index (χ2v) is 14.9. The Kier molecular flexibility index (Phi) is 5.21. The molecule has 6 aromatic heterocycles. The monoisotopic (exact) mass is 607 g/mol. The minimum absolute atomic E-state index is 0.619. The molecule has 206 valence electrons. The first kappa shape index (κ1) is 24.4. The summed E-state index contributed by atoms with van der Waals surface area (Å²) in [6.07, 6.45) is 11.0. The molecule has 10 rings (SSSR count). The highest BCUT2D eigenvalue weighted by molar-refractivity contribution is 7.34. The summed E-state index contributed by atoms with van der Waals surface area (Å²) in [5.74, 6) is 0. The fraction of sp³-hybridized carbons (Fsp3) is 0.135. The van der Waals surface area contributed by atoms with Gasteiger partial charge in [0.05, 0.1) is 10.4 Å². The second-order valence-electron chi connectivity index (χ2n) is 11.7. The molecular weight excluding hydrogens is 583 g/mol. The van der Waals surface area contributed by atoms with E-state index in [0.29, 0.717) is 6.04 Å². The first-order valence-electron chi connectivity index (χ1n) is 14.9. The summed E-state index contributed by atoms with van der Waals surface area (Å²) in [5, 5.41) is 6.48. The topological polar surface area (TPSA) is 30.7 Å². The smallest absolute Gasteiger partial charge is 0.0796 e. The van der Waals surface area contributed by atoms with Crippen molar-refractivity contribution in [2.45, 2.75) is 31.7 Å². The summed E-state index contributed by atoms with van der Waals surface area (Å²) in [7, 11) is 0. The molecule has 0 saturated heterocycles. The molecule has 6 heteroatoms. The number of benzene rings is 3. The van der Waals surface area contributed by atoms with Crippen LogP contribution in [0, 0.1) is 0 Å². The van der Waals surface area contributed by atoms with Gasteiger partial charge in [0.25, 0.3) is 0 Å². The summed E-state index contributed by atoms with van der Waals surface area (Å²) < 4.78 is 9.20. The van der Waals surface area contributed by atoms with E-state index >= 15 is 0 Å². The SMILES string of the molecule is c1ccc2c(c1)c1cc(-c3cc4sc5cc(-c6nccc7sc8ccncc8c67)ccc5c4s3)ccc1n2C1CCCC1. The van der Waals surface area contributed by atoms with Gasteiger partial charge in [-0.3, -0.25) is 9.97 Å². The molecule has 3 aromatic carbocycles. The van der Waals surface area contributed by atoms with Gasteiger partial charge in [0.1, 0.15) is 0 Å². The summed E-state index contributed by atoms with van der Waals surface area (Å²) in [6, 6.07) is 30.3. The number of nitrogens with zero attached hydrogens (tertiary/aromatic N) is 3. The standard InChI is InChI=1S/C37H25N3S3/c1-2-6-23(5-1)40-28-8-4-3-7-24(28)26-17-21(10-12-29(26)40)32-19-34-37(43-32)25-11-9-22(18-33(25)42-34)36-35-27-20-38-15-13-30(27)41-31(35)14-16-39-36/h3-4,7-20,23H,1-2,5-6H2. The molecule has 6 heterocycles. The number of pyridine rings is 2. The number of hydrogen-bond acceptors (Lipinski definition) is 5. The van der Waals surface area contributed by atoms with Crippen molar-refractivity contribution in [1.29, 1.82) is 0 Å². The average molecular weight is 608 g/mol. The van der Waals surface area contributed by atoms with E-state index in [1.54, 1.807) is 0 Å². The van der Waals surface area contributed by atoms with Crippen LogP contribution in [-0.4, -0.2) is 14.5 Å². The number of hydrogen-bond donors (Lipinski definition) is 0. The third-order valence-corrected chi connectivity index (χ3v) is 12.9. The Balaban J connectivity index is 1.09. The summed E-state index contributed by atoms with van der Waals surface area (Å²) in [5.41, 5.74) is 6.29. The number of aromatic nitrogens is 3. The van der Waals surface area contributed by atoms with E-state index in [0.717, 1.165) is 5.69 Å². The summed E-state index contributed by atoms with van der Waals surface area (Å²) in [6.45, 7) is 0. The minimum Gasteiger partial charge on any atom is -0.337 e. The van der Waals surface area contributed by atoms with Crippen molar-refractivity contribution in [2.24, 2.45) is 0 Å². The maximum absolute atomic E-state index is 4.86. The molecule has 1 saturated carbocycles. The quantitative estimate of drug-likeness (QED) is 0.200. The van der Waals surface area contributed by atoms with Crippen molar-refractivity contribution in [3.05, 3.63) is 97.5 Å². The fourth-order valence-electron chi connectivity index (χ4n) is 7.34. The third-order valence-electron chi connectivity index (χ3n) is 9.28. The molecular formula is C37H25N3S3. The van der Waals surface area contributed by atoms with E-state index < -0.39 is 0 Å². The third kappa shape index (κ3) is 3.57. The van der Waals surface area contributed by atoms with Crippen LogP contribution in [0.25, 0.3) is 83.2 Å². The Bertz CT molecular complexity index is 2540. The van der Waals surface area contributed by atoms with Gasteiger partial charge in [-0.1, -0.05) is 49.2 Å². The molecule has 0 bridgehead atoms. The van der Waals surface area contributed by atoms with Crippen LogP contribution in [0.3, 0.4) is 0 Å². The van der Waals surface area contributed by atoms with Crippen molar-refractivity contribution in [3.63, 3.8) is 0 Å². The molecule has 0 N–H and O–H groups in total. The average Bonchev–Trinajstić information content (AvgIpc) is 3.87. The van der Waals surface area contributed by atoms with Gasteiger partial charge in [-0.2, -0.15) is 0 Å². The predicted octanol–water partition coefficient (Wildman–Crippen LogP) is 11.8. The molecule has 9 aromatic rings. The van der Waals surface area contributed by atoms with Crippen molar-refractivity contribution in [3.8, 4) is 21.7 Å². The van der Waals surface area contributed by atoms with Crippen LogP contribution in [0.5, 0.6) is 0 Å². The Morgan fingerprint density at radius 2 is 1.47 bits per heavy atom. The lowest BCUT2D eigenvalue weighted by Crippen LogP contribution is -2.03. The molecule has 0 spiro atoms. The Labute approximate surface area is 259 Å². The highest BCUT2D eigenvalue weighted by Crippen LogP contribution is 2.46. The van der Waals surface area contributed by atoms with Crippen molar-refractivity contribution < 1.29 is 0 Å². The molecule has 43 heavy (non-hydrogen) atoms. The van der Waals surface area contributed by atoms with E-state index in [2.05, 4.69) is 88.4 Å². The first-order valence-corrected chi connectivity index (χ1v) is 17.4. The van der Waals surface area contributed by atoms with Crippen LogP contribution < -0.4 is 0 Å². The van der Waals surface area contributed by atoms with Gasteiger partial charge in [-0.15, -0.1) is 34.0 Å². The summed E-state index contributed by atoms with van der Waals surface area (Å²) >= 11 is 5.62. The fourth-order valence-corrected chi connectivity index (χ4v) is 11.0. The van der Waals surface area contributed by atoms with Crippen LogP contribution in [0.15, 0.2) is 97.5 Å². The van der Waals surface area contributed by atoms with E-state index in [-0.39, 0.29) is 0 Å². The van der Waals surface area contributed by atoms with Gasteiger partial charge in [-0.05, 0) is 60.9 Å². The van der Waals surface area contributed by atoms with E-state index in [9.17, 15) is 0 Å². The van der Waals surface area contributed by atoms with E-state index in [1.165, 1.54) is 103 Å². The van der Waals surface area contributed by atoms with Crippen LogP contribution in [0.1, 0.15) is 31.7 Å². The van der Waals surface area contributed by atoms with Crippen molar-refractivity contribution in [2.75, 3.05) is 0 Å². The van der Waals surface area contributed by atoms with Crippen LogP contribution in [0.2, 0.25) is 0 Å². The number of para-hydroxylation sites is 1. The zero-order valence-corrected chi connectivity index (χ0v) is 25.7. The second kappa shape index (κ2) is 9.20. The Morgan fingerprint density at radius 1 is 0.628 bits per heavy atom. The number of rotatable bonds is 3. The van der Waals surface area contributed by atoms with Crippen molar-refractivity contribution in [1.82, 2.24) is 14.5 Å². The lowest BCUT2D eigenvalue weighted by atomic mass is 10.0. The highest BCUT2D eigenvalue weighted by Gasteiger charge is 2.22. The first-order chi connectivity index (χ1) is 21.3. The molecule has 0 amide bonds. The van der Waals surface area contributed by atoms with Gasteiger partial charge < -0.3 is 4.57 Å². The lowest BCUT2D eigenvalue weighted by Gasteiger charge is -2.15. The molecule has 1 aliphatic rings. The van der Waals surface area contributed by atoms with Gasteiger partial charge in [0.15, 0.2) is 0 Å². The van der Waals surface area contributed by atoms with Crippen LogP contribution in [-0.2, 0) is 0 Å². The van der Waals surface area contributed by atoms with E-state index in [4.69, 9.17) is 4.98 Å². The van der Waals surface area contributed by atoms with Gasteiger partial charge in [-0.25, -0.2) is 0 Å².